The van der Waals surface area contributed by atoms with Gasteiger partial charge in [-0.05, 0) is 30.6 Å². The summed E-state index contributed by atoms with van der Waals surface area (Å²) < 4.78 is 0. The highest BCUT2D eigenvalue weighted by molar-refractivity contribution is 5.91. The molecule has 0 aromatic heterocycles. The van der Waals surface area contributed by atoms with Gasteiger partial charge in [0.15, 0.2) is 0 Å². The molecule has 17 heavy (non-hydrogen) atoms. The van der Waals surface area contributed by atoms with Gasteiger partial charge in [-0.3, -0.25) is 4.79 Å². The molecule has 0 heterocycles. The summed E-state index contributed by atoms with van der Waals surface area (Å²) >= 11 is 0. The molecule has 3 heteroatoms. The molecule has 0 aliphatic heterocycles. The highest BCUT2D eigenvalue weighted by Gasteiger charge is 2.68. The molecule has 2 rings (SSSR count). The molecule has 3 atom stereocenters. The van der Waals surface area contributed by atoms with Crippen LogP contribution in [0.5, 0.6) is 0 Å². The Balaban J connectivity index is 2.30. The maximum atomic E-state index is 11.1. The lowest BCUT2D eigenvalue weighted by Crippen LogP contribution is -2.48. The van der Waals surface area contributed by atoms with Crippen molar-refractivity contribution in [3.05, 3.63) is 12.2 Å². The van der Waals surface area contributed by atoms with E-state index in [0.29, 0.717) is 17.9 Å². The molecule has 2 aliphatic rings. The largest absolute Gasteiger partial charge is 0.389 e. The second-order valence-corrected chi connectivity index (χ2v) is 6.67. The zero-order chi connectivity index (χ0) is 13.1. The van der Waals surface area contributed by atoms with Crippen LogP contribution in [0.4, 0.5) is 0 Å². The number of hydrogen-bond donors (Lipinski definition) is 2. The van der Waals surface area contributed by atoms with Gasteiger partial charge in [0.05, 0.1) is 5.60 Å². The molecule has 0 saturated heterocycles. The van der Waals surface area contributed by atoms with Crippen LogP contribution in [-0.4, -0.2) is 16.6 Å². The third kappa shape index (κ3) is 1.41. The van der Waals surface area contributed by atoms with Crippen molar-refractivity contribution in [2.24, 2.45) is 22.5 Å². The minimum Gasteiger partial charge on any atom is -0.389 e. The first-order chi connectivity index (χ1) is 7.64. The van der Waals surface area contributed by atoms with Crippen LogP contribution in [0.2, 0.25) is 0 Å². The van der Waals surface area contributed by atoms with E-state index in [1.165, 1.54) is 6.42 Å². The van der Waals surface area contributed by atoms with Crippen LogP contribution < -0.4 is 5.73 Å². The Bertz CT molecular complexity index is 388. The molecule has 3 unspecified atom stereocenters. The Morgan fingerprint density at radius 3 is 2.41 bits per heavy atom. The van der Waals surface area contributed by atoms with Crippen LogP contribution in [0.25, 0.3) is 0 Å². The number of carbonyl (C=O) groups excluding carboxylic acids is 1. The molecule has 2 aliphatic carbocycles. The Kier molecular flexibility index (Phi) is 2.48. The monoisotopic (exact) mass is 237 g/mol. The van der Waals surface area contributed by atoms with Gasteiger partial charge in [-0.2, -0.15) is 0 Å². The summed E-state index contributed by atoms with van der Waals surface area (Å²) in [6, 6.07) is 0. The van der Waals surface area contributed by atoms with Gasteiger partial charge in [-0.1, -0.05) is 27.4 Å². The van der Waals surface area contributed by atoms with E-state index in [-0.39, 0.29) is 10.8 Å². The summed E-state index contributed by atoms with van der Waals surface area (Å²) in [5.74, 6) is 0.0424. The number of aliphatic hydroxyl groups is 1. The molecular weight excluding hydrogens is 214 g/mol. The third-order valence-corrected chi connectivity index (χ3v) is 5.90. The minimum absolute atomic E-state index is 0.125. The SMILES string of the molecule is C=C(CC1(O)CC2CCC1(C)C2(C)C)C(N)=O. The Morgan fingerprint density at radius 1 is 1.47 bits per heavy atom. The molecule has 2 fully saturated rings. The number of amides is 1. The summed E-state index contributed by atoms with van der Waals surface area (Å²) in [7, 11) is 0. The first-order valence-corrected chi connectivity index (χ1v) is 6.34. The zero-order valence-electron chi connectivity index (χ0n) is 11.0. The summed E-state index contributed by atoms with van der Waals surface area (Å²) in [4.78, 5) is 11.1. The zero-order valence-corrected chi connectivity index (χ0v) is 11.0. The Morgan fingerprint density at radius 2 is 2.06 bits per heavy atom. The molecule has 3 N–H and O–H groups in total. The van der Waals surface area contributed by atoms with E-state index in [2.05, 4.69) is 27.4 Å². The van der Waals surface area contributed by atoms with Crippen LogP contribution in [0.3, 0.4) is 0 Å². The van der Waals surface area contributed by atoms with Crippen molar-refractivity contribution in [2.75, 3.05) is 0 Å². The van der Waals surface area contributed by atoms with Crippen molar-refractivity contribution >= 4 is 5.91 Å². The lowest BCUT2D eigenvalue weighted by molar-refractivity contribution is -0.118. The highest BCUT2D eigenvalue weighted by Crippen LogP contribution is 2.70. The van der Waals surface area contributed by atoms with Crippen LogP contribution in [0.1, 0.15) is 46.5 Å². The number of nitrogens with two attached hydrogens (primary N) is 1. The summed E-state index contributed by atoms with van der Waals surface area (Å²) in [5.41, 5.74) is 4.75. The van der Waals surface area contributed by atoms with Crippen LogP contribution in [0, 0.1) is 16.7 Å². The van der Waals surface area contributed by atoms with Crippen molar-refractivity contribution in [2.45, 2.75) is 52.1 Å². The molecular formula is C14H23NO2. The first kappa shape index (κ1) is 12.6. The van der Waals surface area contributed by atoms with Crippen molar-refractivity contribution in [1.29, 1.82) is 0 Å². The van der Waals surface area contributed by atoms with Crippen LogP contribution >= 0.6 is 0 Å². The first-order valence-electron chi connectivity index (χ1n) is 6.34. The van der Waals surface area contributed by atoms with E-state index in [4.69, 9.17) is 5.73 Å². The normalized spacial score (nSPS) is 42.7. The smallest absolute Gasteiger partial charge is 0.244 e. The molecule has 2 bridgehead atoms. The van der Waals surface area contributed by atoms with Gasteiger partial charge in [0.25, 0.3) is 0 Å². The number of rotatable bonds is 3. The fraction of sp³-hybridized carbons (Fsp3) is 0.786. The maximum absolute atomic E-state index is 11.1. The summed E-state index contributed by atoms with van der Waals surface area (Å²) in [5, 5.41) is 10.9. The van der Waals surface area contributed by atoms with E-state index in [9.17, 15) is 9.90 Å². The van der Waals surface area contributed by atoms with E-state index in [1.807, 2.05) is 0 Å². The van der Waals surface area contributed by atoms with Crippen LogP contribution in [0.15, 0.2) is 12.2 Å². The van der Waals surface area contributed by atoms with Gasteiger partial charge in [-0.25, -0.2) is 0 Å². The Labute approximate surface area is 103 Å². The minimum atomic E-state index is -0.814. The summed E-state index contributed by atoms with van der Waals surface area (Å²) in [6.07, 6.45) is 3.28. The third-order valence-electron chi connectivity index (χ3n) is 5.90. The quantitative estimate of drug-likeness (QED) is 0.737. The van der Waals surface area contributed by atoms with E-state index >= 15 is 0 Å². The second kappa shape index (κ2) is 3.35. The average Bonchev–Trinajstić information content (AvgIpc) is 2.49. The predicted octanol–water partition coefficient (Wildman–Crippen LogP) is 2.00. The van der Waals surface area contributed by atoms with Gasteiger partial charge in [-0.15, -0.1) is 0 Å². The molecule has 96 valence electrons. The van der Waals surface area contributed by atoms with E-state index < -0.39 is 11.5 Å². The number of hydrogen-bond acceptors (Lipinski definition) is 2. The van der Waals surface area contributed by atoms with E-state index in [0.717, 1.165) is 12.8 Å². The van der Waals surface area contributed by atoms with Gasteiger partial charge < -0.3 is 10.8 Å². The summed E-state index contributed by atoms with van der Waals surface area (Å²) in [6.45, 7) is 10.3. The maximum Gasteiger partial charge on any atom is 0.244 e. The number of primary amides is 1. The van der Waals surface area contributed by atoms with Crippen molar-refractivity contribution in [3.63, 3.8) is 0 Å². The lowest BCUT2D eigenvalue weighted by Gasteiger charge is -2.45. The number of fused-ring (bicyclic) bond motifs is 2. The topological polar surface area (TPSA) is 63.3 Å². The van der Waals surface area contributed by atoms with Crippen molar-refractivity contribution in [1.82, 2.24) is 0 Å². The molecule has 0 aromatic carbocycles. The fourth-order valence-corrected chi connectivity index (χ4v) is 4.13. The number of carbonyl (C=O) groups is 1. The molecule has 0 aromatic rings. The van der Waals surface area contributed by atoms with E-state index in [1.54, 1.807) is 0 Å². The molecule has 2 saturated carbocycles. The van der Waals surface area contributed by atoms with Crippen LogP contribution in [-0.2, 0) is 4.79 Å². The molecule has 0 spiro atoms. The highest BCUT2D eigenvalue weighted by atomic mass is 16.3. The second-order valence-electron chi connectivity index (χ2n) is 6.67. The molecule has 0 radical (unpaired) electrons. The fourth-order valence-electron chi connectivity index (χ4n) is 4.13. The van der Waals surface area contributed by atoms with Crippen molar-refractivity contribution in [3.8, 4) is 0 Å². The average molecular weight is 237 g/mol. The van der Waals surface area contributed by atoms with Crippen molar-refractivity contribution < 1.29 is 9.90 Å². The standard InChI is InChI=1S/C14H23NO2/c1-9(11(15)16)7-14(17)8-10-5-6-13(14,4)12(10,2)3/h10,17H,1,5-8H2,2-4H3,(H2,15,16). The van der Waals surface area contributed by atoms with Gasteiger partial charge in [0.2, 0.25) is 5.91 Å². The van der Waals surface area contributed by atoms with Gasteiger partial charge >= 0.3 is 0 Å². The van der Waals surface area contributed by atoms with Gasteiger partial charge in [0.1, 0.15) is 0 Å². The lowest BCUT2D eigenvalue weighted by atomic mass is 9.63. The predicted molar refractivity (Wildman–Crippen MR) is 67.1 cm³/mol. The molecule has 1 amide bonds. The van der Waals surface area contributed by atoms with Gasteiger partial charge in [0, 0.05) is 17.4 Å². The Hall–Kier alpha value is -0.830. The molecule has 3 nitrogen and oxygen atoms in total.